The smallest absolute Gasteiger partial charge is 0.475 e. The van der Waals surface area contributed by atoms with E-state index in [1.54, 1.807) is 12.4 Å². The Labute approximate surface area is 185 Å². The number of aromatic nitrogens is 1. The molecule has 32 heavy (non-hydrogen) atoms. The molecule has 2 aromatic rings. The highest BCUT2D eigenvalue weighted by molar-refractivity contribution is 7.08. The summed E-state index contributed by atoms with van der Waals surface area (Å²) in [6, 6.07) is 5.58. The van der Waals surface area contributed by atoms with Crippen LogP contribution in [-0.4, -0.2) is 64.2 Å². The summed E-state index contributed by atoms with van der Waals surface area (Å²) in [6.07, 6.45) is -1.08. The van der Waals surface area contributed by atoms with E-state index in [0.717, 1.165) is 12.0 Å². The molecule has 3 atom stereocenters. The van der Waals surface area contributed by atoms with Crippen molar-refractivity contribution in [3.8, 4) is 0 Å². The average Bonchev–Trinajstić information content (AvgIpc) is 3.50. The molecule has 0 aliphatic carbocycles. The maximum Gasteiger partial charge on any atom is 0.490 e. The van der Waals surface area contributed by atoms with E-state index in [1.165, 1.54) is 11.3 Å². The summed E-state index contributed by atoms with van der Waals surface area (Å²) in [6.45, 7) is 1.43. The van der Waals surface area contributed by atoms with Crippen LogP contribution in [0.2, 0.25) is 0 Å². The molecule has 2 amide bonds. The molecule has 172 valence electrons. The molecule has 2 aromatic heterocycles. The summed E-state index contributed by atoms with van der Waals surface area (Å²) in [5.74, 6) is -3.16. The topological polar surface area (TPSA) is 109 Å². The van der Waals surface area contributed by atoms with E-state index in [1.807, 2.05) is 33.9 Å². The number of fused-ring (bicyclic) bond motifs is 1. The number of halogens is 3. The zero-order chi connectivity index (χ0) is 23.3. The Hall–Kier alpha value is -2.99. The SMILES string of the molecule is O=C(NCc1cccnc1)C1CN(C(=O)c2ccsc2)C2CCOC12.O=C(O)C(F)(F)F. The summed E-state index contributed by atoms with van der Waals surface area (Å²) in [5, 5.41) is 13.8. The van der Waals surface area contributed by atoms with Gasteiger partial charge in [-0.1, -0.05) is 6.07 Å². The molecular weight excluding hydrogens is 451 g/mol. The largest absolute Gasteiger partial charge is 0.490 e. The summed E-state index contributed by atoms with van der Waals surface area (Å²) in [5.41, 5.74) is 1.64. The van der Waals surface area contributed by atoms with Crippen LogP contribution in [0.1, 0.15) is 22.3 Å². The first-order chi connectivity index (χ1) is 15.2. The van der Waals surface area contributed by atoms with Crippen molar-refractivity contribution in [2.45, 2.75) is 31.3 Å². The first-order valence-electron chi connectivity index (χ1n) is 9.60. The van der Waals surface area contributed by atoms with Gasteiger partial charge in [-0.2, -0.15) is 24.5 Å². The van der Waals surface area contributed by atoms with Crippen LogP contribution < -0.4 is 5.32 Å². The summed E-state index contributed by atoms with van der Waals surface area (Å²) in [7, 11) is 0. The predicted molar refractivity (Wildman–Crippen MR) is 107 cm³/mol. The molecule has 2 N–H and O–H groups in total. The van der Waals surface area contributed by atoms with Gasteiger partial charge in [0.1, 0.15) is 0 Å². The molecule has 2 aliphatic heterocycles. The first-order valence-corrected chi connectivity index (χ1v) is 10.5. The minimum Gasteiger partial charge on any atom is -0.475 e. The monoisotopic (exact) mass is 471 g/mol. The molecule has 0 saturated carbocycles. The van der Waals surface area contributed by atoms with Crippen molar-refractivity contribution in [2.75, 3.05) is 13.2 Å². The van der Waals surface area contributed by atoms with Gasteiger partial charge in [0.05, 0.1) is 23.6 Å². The molecule has 0 spiro atoms. The second-order valence-corrected chi connectivity index (χ2v) is 7.93. The van der Waals surface area contributed by atoms with Gasteiger partial charge in [0.2, 0.25) is 5.91 Å². The Morgan fingerprint density at radius 3 is 2.66 bits per heavy atom. The molecule has 4 rings (SSSR count). The zero-order valence-corrected chi connectivity index (χ0v) is 17.4. The average molecular weight is 471 g/mol. The van der Waals surface area contributed by atoms with Crippen molar-refractivity contribution in [3.63, 3.8) is 0 Å². The van der Waals surface area contributed by atoms with Gasteiger partial charge in [-0.25, -0.2) is 4.79 Å². The highest BCUT2D eigenvalue weighted by Gasteiger charge is 2.50. The molecule has 4 heterocycles. The van der Waals surface area contributed by atoms with Crippen molar-refractivity contribution in [3.05, 3.63) is 52.5 Å². The lowest BCUT2D eigenvalue weighted by Crippen LogP contribution is -2.37. The van der Waals surface area contributed by atoms with Gasteiger partial charge >= 0.3 is 12.1 Å². The summed E-state index contributed by atoms with van der Waals surface area (Å²) < 4.78 is 37.5. The third-order valence-electron chi connectivity index (χ3n) is 5.09. The van der Waals surface area contributed by atoms with Crippen LogP contribution >= 0.6 is 11.3 Å². The Kier molecular flexibility index (Phi) is 7.46. The number of alkyl halides is 3. The lowest BCUT2D eigenvalue weighted by Gasteiger charge is -2.21. The van der Waals surface area contributed by atoms with E-state index >= 15 is 0 Å². The van der Waals surface area contributed by atoms with Crippen LogP contribution in [-0.2, 0) is 20.9 Å². The van der Waals surface area contributed by atoms with E-state index in [4.69, 9.17) is 14.6 Å². The number of likely N-dealkylation sites (tertiary alicyclic amines) is 1. The van der Waals surface area contributed by atoms with E-state index in [9.17, 15) is 22.8 Å². The molecule has 12 heteroatoms. The van der Waals surface area contributed by atoms with Gasteiger partial charge < -0.3 is 20.1 Å². The second kappa shape index (κ2) is 10.1. The summed E-state index contributed by atoms with van der Waals surface area (Å²) >= 11 is 1.50. The van der Waals surface area contributed by atoms with Crippen LogP contribution in [0.25, 0.3) is 0 Å². The number of hydrogen-bond acceptors (Lipinski definition) is 6. The van der Waals surface area contributed by atoms with Crippen molar-refractivity contribution in [1.29, 1.82) is 0 Å². The number of nitrogens with one attached hydrogen (secondary N) is 1. The number of carboxylic acid groups (broad SMARTS) is 1. The molecule has 0 bridgehead atoms. The normalized spacial score (nSPS) is 22.0. The number of carbonyl (C=O) groups excluding carboxylic acids is 2. The number of thiophene rings is 1. The number of carbonyl (C=O) groups is 3. The first kappa shape index (κ1) is 23.7. The Balaban J connectivity index is 0.000000360. The summed E-state index contributed by atoms with van der Waals surface area (Å²) in [4.78, 5) is 40.2. The highest BCUT2D eigenvalue weighted by Crippen LogP contribution is 2.34. The van der Waals surface area contributed by atoms with Gasteiger partial charge in [-0.15, -0.1) is 0 Å². The highest BCUT2D eigenvalue weighted by atomic mass is 32.1. The Bertz CT molecular complexity index is 940. The molecule has 2 aliphatic rings. The number of nitrogens with zero attached hydrogens (tertiary/aromatic N) is 2. The number of aliphatic carboxylic acids is 1. The molecule has 2 fully saturated rings. The molecule has 0 radical (unpaired) electrons. The Morgan fingerprint density at radius 2 is 2.06 bits per heavy atom. The fourth-order valence-corrected chi connectivity index (χ4v) is 4.24. The molecule has 3 unspecified atom stereocenters. The van der Waals surface area contributed by atoms with Crippen LogP contribution in [0, 0.1) is 5.92 Å². The third-order valence-corrected chi connectivity index (χ3v) is 5.77. The van der Waals surface area contributed by atoms with Gasteiger partial charge in [-0.05, 0) is 29.5 Å². The number of hydrogen-bond donors (Lipinski definition) is 2. The van der Waals surface area contributed by atoms with Crippen LogP contribution in [0.5, 0.6) is 0 Å². The standard InChI is InChI=1S/C18H19N3O3S.C2HF3O2/c22-17(20-9-12-2-1-5-19-8-12)14-10-21(15-3-6-24-16(14)15)18(23)13-4-7-25-11-13;3-2(4,5)1(6)7/h1-2,4-5,7-8,11,14-16H,3,6,9-10H2,(H,20,22);(H,6,7). The maximum absolute atomic E-state index is 12.7. The van der Waals surface area contributed by atoms with E-state index in [-0.39, 0.29) is 29.9 Å². The number of rotatable bonds is 4. The lowest BCUT2D eigenvalue weighted by atomic mass is 10.0. The Morgan fingerprint density at radius 1 is 1.31 bits per heavy atom. The zero-order valence-electron chi connectivity index (χ0n) is 16.6. The fraction of sp³-hybridized carbons (Fsp3) is 0.400. The maximum atomic E-state index is 12.7. The molecular formula is C20H20F3N3O5S. The van der Waals surface area contributed by atoms with Gasteiger partial charge in [-0.3, -0.25) is 14.6 Å². The molecule has 0 aromatic carbocycles. The van der Waals surface area contributed by atoms with Gasteiger partial charge in [0.15, 0.2) is 0 Å². The van der Waals surface area contributed by atoms with Crippen LogP contribution in [0.3, 0.4) is 0 Å². The van der Waals surface area contributed by atoms with E-state index < -0.39 is 12.1 Å². The molecule has 8 nitrogen and oxygen atoms in total. The van der Waals surface area contributed by atoms with Crippen LogP contribution in [0.15, 0.2) is 41.4 Å². The fourth-order valence-electron chi connectivity index (χ4n) is 3.61. The predicted octanol–water partition coefficient (Wildman–Crippen LogP) is 2.32. The van der Waals surface area contributed by atoms with Crippen LogP contribution in [0.4, 0.5) is 13.2 Å². The van der Waals surface area contributed by atoms with E-state index in [0.29, 0.717) is 25.3 Å². The van der Waals surface area contributed by atoms with Crippen molar-refractivity contribution in [2.24, 2.45) is 5.92 Å². The minimum absolute atomic E-state index is 0.00990. The quantitative estimate of drug-likeness (QED) is 0.709. The second-order valence-electron chi connectivity index (χ2n) is 7.15. The number of pyridine rings is 1. The number of ether oxygens (including phenoxy) is 1. The van der Waals surface area contributed by atoms with Crippen molar-refractivity contribution >= 4 is 29.1 Å². The van der Waals surface area contributed by atoms with Gasteiger partial charge in [0.25, 0.3) is 5.91 Å². The van der Waals surface area contributed by atoms with Crippen molar-refractivity contribution < 1.29 is 37.4 Å². The lowest BCUT2D eigenvalue weighted by molar-refractivity contribution is -0.192. The minimum atomic E-state index is -5.08. The van der Waals surface area contributed by atoms with Crippen molar-refractivity contribution in [1.82, 2.24) is 15.2 Å². The van der Waals surface area contributed by atoms with E-state index in [2.05, 4.69) is 10.3 Å². The third kappa shape index (κ3) is 5.62. The number of carboxylic acids is 1. The van der Waals surface area contributed by atoms with Gasteiger partial charge in [0, 0.05) is 37.5 Å². The number of amides is 2. The molecule has 2 saturated heterocycles.